The van der Waals surface area contributed by atoms with Gasteiger partial charge >= 0.3 is 11.9 Å². The van der Waals surface area contributed by atoms with Crippen LogP contribution in [0, 0.1) is 62.1 Å². The third kappa shape index (κ3) is 6.64. The number of nitrogens with one attached hydrogen (secondary N) is 1. The molecule has 1 aliphatic heterocycles. The predicted molar refractivity (Wildman–Crippen MR) is 203 cm³/mol. The molecular formula is C44H72N2O5. The molecule has 5 aliphatic carbocycles. The largest absolute Gasteiger partial charge is 0.481 e. The first-order chi connectivity index (χ1) is 23.7. The van der Waals surface area contributed by atoms with E-state index in [0.717, 1.165) is 58.0 Å². The van der Waals surface area contributed by atoms with Gasteiger partial charge in [0, 0.05) is 17.9 Å². The number of allylic oxidation sites excluding steroid dienone is 1. The van der Waals surface area contributed by atoms with Crippen LogP contribution in [0.5, 0.6) is 0 Å². The van der Waals surface area contributed by atoms with Crippen LogP contribution in [0.15, 0.2) is 12.2 Å². The molecule has 0 unspecified atom stereocenters. The highest BCUT2D eigenvalue weighted by Crippen LogP contribution is 2.78. The second-order valence-electron chi connectivity index (χ2n) is 21.1. The topological polar surface area (TPSA) is 95.9 Å². The number of carboxylic acids is 1. The molecule has 0 aromatic carbocycles. The van der Waals surface area contributed by atoms with E-state index in [1.54, 1.807) is 0 Å². The maximum Gasteiger partial charge on any atom is 0.306 e. The third-order valence-corrected chi connectivity index (χ3v) is 17.3. The molecule has 0 spiro atoms. The number of aliphatic carboxylic acids is 1. The van der Waals surface area contributed by atoms with Crippen LogP contribution in [0.3, 0.4) is 0 Å². The molecule has 7 nitrogen and oxygen atoms in total. The van der Waals surface area contributed by atoms with Crippen molar-refractivity contribution in [2.75, 3.05) is 20.1 Å². The smallest absolute Gasteiger partial charge is 0.306 e. The molecule has 5 saturated carbocycles. The Bertz CT molecular complexity index is 1380. The van der Waals surface area contributed by atoms with E-state index >= 15 is 0 Å². The quantitative estimate of drug-likeness (QED) is 0.183. The van der Waals surface area contributed by atoms with E-state index < -0.39 is 11.4 Å². The Morgan fingerprint density at radius 3 is 2.18 bits per heavy atom. The molecule has 288 valence electrons. The number of rotatable bonds is 9. The third-order valence-electron chi connectivity index (χ3n) is 17.3. The minimum Gasteiger partial charge on any atom is -0.481 e. The molecular weight excluding hydrogens is 636 g/mol. The molecule has 1 heterocycles. The van der Waals surface area contributed by atoms with E-state index in [2.05, 4.69) is 65.4 Å². The van der Waals surface area contributed by atoms with Crippen LogP contribution in [-0.4, -0.2) is 60.1 Å². The predicted octanol–water partition coefficient (Wildman–Crippen LogP) is 9.05. The maximum atomic E-state index is 13.9. The summed E-state index contributed by atoms with van der Waals surface area (Å²) in [6, 6.07) is 0.313. The van der Waals surface area contributed by atoms with Gasteiger partial charge in [0.05, 0.1) is 12.8 Å². The van der Waals surface area contributed by atoms with Crippen LogP contribution in [0.25, 0.3) is 0 Å². The Hall–Kier alpha value is -1.89. The summed E-state index contributed by atoms with van der Waals surface area (Å²) in [4.78, 5) is 40.9. The number of amides is 1. The summed E-state index contributed by atoms with van der Waals surface area (Å²) in [5, 5.41) is 12.9. The molecule has 0 aromatic heterocycles. The lowest BCUT2D eigenvalue weighted by atomic mass is 9.32. The van der Waals surface area contributed by atoms with Crippen LogP contribution in [0.2, 0.25) is 0 Å². The number of carbonyl (C=O) groups is 3. The van der Waals surface area contributed by atoms with Crippen LogP contribution in [0.1, 0.15) is 152 Å². The summed E-state index contributed by atoms with van der Waals surface area (Å²) in [7, 11) is 2.18. The number of carboxylic acid groups (broad SMARTS) is 1. The zero-order chi connectivity index (χ0) is 37.4. The number of likely N-dealkylation sites (tertiary alicyclic amines) is 1. The first-order valence-corrected chi connectivity index (χ1v) is 20.7. The summed E-state index contributed by atoms with van der Waals surface area (Å²) in [6.07, 6.45) is 14.2. The van der Waals surface area contributed by atoms with Crippen molar-refractivity contribution in [3.8, 4) is 0 Å². The van der Waals surface area contributed by atoms with E-state index in [1.165, 1.54) is 37.7 Å². The van der Waals surface area contributed by atoms with Gasteiger partial charge in [-0.3, -0.25) is 14.4 Å². The van der Waals surface area contributed by atoms with Crippen molar-refractivity contribution in [1.29, 1.82) is 0 Å². The van der Waals surface area contributed by atoms with Crippen molar-refractivity contribution >= 4 is 17.8 Å². The number of hydrogen-bond donors (Lipinski definition) is 2. The summed E-state index contributed by atoms with van der Waals surface area (Å²) in [5.41, 5.74) is 1.21. The average molecular weight is 709 g/mol. The number of fused-ring (bicyclic) bond motifs is 7. The molecule has 1 saturated heterocycles. The fraction of sp³-hybridized carbons (Fsp3) is 0.886. The Kier molecular flexibility index (Phi) is 10.2. The zero-order valence-electron chi connectivity index (χ0n) is 33.8. The maximum absolute atomic E-state index is 13.9. The van der Waals surface area contributed by atoms with Crippen molar-refractivity contribution in [2.24, 2.45) is 62.1 Å². The minimum absolute atomic E-state index is 0.0440. The van der Waals surface area contributed by atoms with Gasteiger partial charge in [-0.25, -0.2) is 0 Å². The first kappa shape index (κ1) is 38.8. The van der Waals surface area contributed by atoms with E-state index in [1.807, 2.05) is 13.8 Å². The van der Waals surface area contributed by atoms with Crippen LogP contribution < -0.4 is 5.32 Å². The van der Waals surface area contributed by atoms with Gasteiger partial charge in [0.2, 0.25) is 5.91 Å². The highest BCUT2D eigenvalue weighted by Gasteiger charge is 2.71. The van der Waals surface area contributed by atoms with Crippen molar-refractivity contribution in [3.05, 3.63) is 12.2 Å². The van der Waals surface area contributed by atoms with Gasteiger partial charge in [0.25, 0.3) is 0 Å². The molecule has 0 bridgehead atoms. The molecule has 2 N–H and O–H groups in total. The molecule has 6 fully saturated rings. The van der Waals surface area contributed by atoms with Gasteiger partial charge in [0.15, 0.2) is 0 Å². The van der Waals surface area contributed by atoms with Gasteiger partial charge < -0.3 is 20.1 Å². The van der Waals surface area contributed by atoms with E-state index in [-0.39, 0.29) is 52.0 Å². The van der Waals surface area contributed by atoms with Crippen LogP contribution in [0.4, 0.5) is 0 Å². The van der Waals surface area contributed by atoms with Gasteiger partial charge in [-0.1, -0.05) is 60.6 Å². The molecule has 1 amide bonds. The monoisotopic (exact) mass is 709 g/mol. The van der Waals surface area contributed by atoms with E-state index in [4.69, 9.17) is 4.74 Å². The Labute approximate surface area is 309 Å². The van der Waals surface area contributed by atoms with Gasteiger partial charge in [-0.05, 0) is 161 Å². The second-order valence-corrected chi connectivity index (χ2v) is 21.1. The van der Waals surface area contributed by atoms with Gasteiger partial charge in [-0.15, -0.1) is 0 Å². The number of esters is 1. The lowest BCUT2D eigenvalue weighted by Gasteiger charge is -2.73. The van der Waals surface area contributed by atoms with E-state index in [0.29, 0.717) is 48.0 Å². The fourth-order valence-electron chi connectivity index (χ4n) is 14.6. The Morgan fingerprint density at radius 2 is 1.53 bits per heavy atom. The molecule has 7 heteroatoms. The highest BCUT2D eigenvalue weighted by atomic mass is 16.5. The van der Waals surface area contributed by atoms with Crippen molar-refractivity contribution < 1.29 is 24.2 Å². The summed E-state index contributed by atoms with van der Waals surface area (Å²) in [5.74, 6) is 1.86. The average Bonchev–Trinajstić information content (AvgIpc) is 3.38. The molecule has 51 heavy (non-hydrogen) atoms. The summed E-state index contributed by atoms with van der Waals surface area (Å²) < 4.78 is 6.29. The first-order valence-electron chi connectivity index (χ1n) is 20.7. The molecule has 10 atom stereocenters. The summed E-state index contributed by atoms with van der Waals surface area (Å²) >= 11 is 0. The normalized spacial score (nSPS) is 42.5. The van der Waals surface area contributed by atoms with Gasteiger partial charge in [0.1, 0.15) is 6.10 Å². The number of piperidine rings is 1. The number of hydrogen-bond acceptors (Lipinski definition) is 5. The highest BCUT2D eigenvalue weighted by molar-refractivity contribution is 5.77. The lowest BCUT2D eigenvalue weighted by molar-refractivity contribution is -0.250. The molecule has 6 aliphatic rings. The Morgan fingerprint density at radius 1 is 0.843 bits per heavy atom. The zero-order valence-corrected chi connectivity index (χ0v) is 33.8. The minimum atomic E-state index is -0.879. The lowest BCUT2D eigenvalue weighted by Crippen LogP contribution is -2.67. The number of nitrogens with zero attached hydrogens (tertiary/aromatic N) is 1. The van der Waals surface area contributed by atoms with Crippen LogP contribution in [-0.2, 0) is 19.1 Å². The molecule has 0 aromatic rings. The fourth-order valence-corrected chi connectivity index (χ4v) is 14.6. The number of ether oxygens (including phenoxy) is 1. The Balaban J connectivity index is 1.21. The number of carbonyl (C=O) groups excluding carboxylic acids is 2. The molecule has 0 radical (unpaired) electrons. The van der Waals surface area contributed by atoms with Crippen LogP contribution >= 0.6 is 0 Å². The van der Waals surface area contributed by atoms with Crippen molar-refractivity contribution in [1.82, 2.24) is 10.2 Å². The summed E-state index contributed by atoms with van der Waals surface area (Å²) in [6.45, 7) is 25.2. The molecule has 6 rings (SSSR count). The SMILES string of the molecule is C=C(C)[C@@H]1CC[C@]2(CC(=O)NC3CCN(C)CC3)CC[C@]3(C)[C@H](CC[C@@H]4[C@@]5(C)CC[C@H](OC(=O)CC(C)(C)CC(=O)O)C(C)(C)[C@@H]5CC[C@]43C)[C@@H]12. The van der Waals surface area contributed by atoms with E-state index in [9.17, 15) is 19.5 Å². The standard InChI is InChI=1S/C44H72N2O5/c1-28(2)30-13-20-44(25-35(47)45-29-16-23-46(10)24-17-29)22-21-42(8)31(38(30)44)11-12-33-41(7)18-15-34(40(5,6)32(41)14-19-43(33,42)9)51-37(50)27-39(3,4)26-36(48)49/h29-34,38H,1,11-27H2,2-10H3,(H,45,47)(H,48,49)/t30-,31+,32-,33+,34-,38+,41-,42+,43+,44+/m0/s1. The van der Waals surface area contributed by atoms with Crippen molar-refractivity contribution in [2.45, 2.75) is 164 Å². The van der Waals surface area contributed by atoms with Gasteiger partial charge in [-0.2, -0.15) is 0 Å². The van der Waals surface area contributed by atoms with Crippen molar-refractivity contribution in [3.63, 3.8) is 0 Å². The second kappa shape index (κ2) is 13.4.